The summed E-state index contributed by atoms with van der Waals surface area (Å²) in [6.07, 6.45) is 3.21. The van der Waals surface area contributed by atoms with E-state index in [0.29, 0.717) is 5.92 Å². The van der Waals surface area contributed by atoms with Gasteiger partial charge in [0.15, 0.2) is 0 Å². The van der Waals surface area contributed by atoms with Crippen LogP contribution in [0.2, 0.25) is 0 Å². The van der Waals surface area contributed by atoms with Crippen LogP contribution in [0.4, 0.5) is 4.39 Å². The van der Waals surface area contributed by atoms with Crippen molar-refractivity contribution in [1.29, 1.82) is 0 Å². The molecule has 4 aromatic rings. The van der Waals surface area contributed by atoms with Crippen LogP contribution in [0, 0.1) is 9.39 Å². The van der Waals surface area contributed by atoms with Crippen molar-refractivity contribution in [1.82, 2.24) is 4.57 Å². The zero-order valence-corrected chi connectivity index (χ0v) is 17.7. The van der Waals surface area contributed by atoms with E-state index in [4.69, 9.17) is 0 Å². The fourth-order valence-corrected chi connectivity index (χ4v) is 4.93. The van der Waals surface area contributed by atoms with Gasteiger partial charge in [-0.1, -0.05) is 42.5 Å². The van der Waals surface area contributed by atoms with E-state index < -0.39 is 0 Å². The lowest BCUT2D eigenvalue weighted by molar-refractivity contribution is 0.560. The monoisotopic (exact) mass is 481 g/mol. The summed E-state index contributed by atoms with van der Waals surface area (Å²) in [5.41, 5.74) is 6.86. The molecular weight excluding hydrogens is 460 g/mol. The molecule has 3 heteroatoms. The Bertz CT molecular complexity index is 1130. The number of halogens is 2. The summed E-state index contributed by atoms with van der Waals surface area (Å²) >= 11 is 2.35. The molecule has 0 saturated heterocycles. The van der Waals surface area contributed by atoms with Crippen LogP contribution in [0.1, 0.15) is 34.7 Å². The predicted octanol–water partition coefficient (Wildman–Crippen LogP) is 6.71. The summed E-state index contributed by atoms with van der Waals surface area (Å²) in [6.45, 7) is 0.911. The fraction of sp³-hybridized carbons (Fsp3) is 0.200. The molecule has 0 unspecified atom stereocenters. The Kier molecular flexibility index (Phi) is 4.71. The maximum atomic E-state index is 13.3. The van der Waals surface area contributed by atoms with Crippen LogP contribution in [0.3, 0.4) is 0 Å². The number of benzene rings is 3. The van der Waals surface area contributed by atoms with Gasteiger partial charge in [-0.05, 0) is 94.8 Å². The van der Waals surface area contributed by atoms with E-state index in [1.165, 1.54) is 36.9 Å². The number of para-hydroxylation sites is 1. The molecule has 0 bridgehead atoms. The normalized spacial score (nSPS) is 16.3. The fourth-order valence-electron chi connectivity index (χ4n) is 4.57. The van der Waals surface area contributed by atoms with Gasteiger partial charge in [0.25, 0.3) is 0 Å². The van der Waals surface area contributed by atoms with Gasteiger partial charge in [-0.2, -0.15) is 0 Å². The molecule has 3 aromatic carbocycles. The molecule has 1 nitrogen and oxygen atoms in total. The average Bonchev–Trinajstić information content (AvgIpc) is 3.03. The second kappa shape index (κ2) is 7.36. The first-order valence-electron chi connectivity index (χ1n) is 9.78. The van der Waals surface area contributed by atoms with Crippen LogP contribution >= 0.6 is 22.6 Å². The van der Waals surface area contributed by atoms with Crippen molar-refractivity contribution in [3.63, 3.8) is 0 Å². The molecule has 1 atom stereocenters. The summed E-state index contributed by atoms with van der Waals surface area (Å²) < 4.78 is 17.1. The molecular formula is C25H21FIN. The first kappa shape index (κ1) is 17.9. The SMILES string of the molecule is Fc1ccc([C@H]2CCc3c(c4ccccc4n3Cc3ccc(I)cc3)C2)cc1. The van der Waals surface area contributed by atoms with E-state index in [0.717, 1.165) is 25.8 Å². The third-order valence-corrected chi connectivity index (χ3v) is 6.69. The minimum Gasteiger partial charge on any atom is -0.340 e. The first-order valence-corrected chi connectivity index (χ1v) is 10.9. The molecule has 0 fully saturated rings. The van der Waals surface area contributed by atoms with Crippen LogP contribution in [0.5, 0.6) is 0 Å². The van der Waals surface area contributed by atoms with Gasteiger partial charge < -0.3 is 4.57 Å². The average molecular weight is 481 g/mol. The van der Waals surface area contributed by atoms with Crippen molar-refractivity contribution in [2.75, 3.05) is 0 Å². The highest BCUT2D eigenvalue weighted by atomic mass is 127. The van der Waals surface area contributed by atoms with Crippen molar-refractivity contribution in [3.05, 3.63) is 105 Å². The third-order valence-electron chi connectivity index (χ3n) is 5.97. The number of aromatic nitrogens is 1. The van der Waals surface area contributed by atoms with Crippen molar-refractivity contribution < 1.29 is 4.39 Å². The minimum atomic E-state index is -0.158. The smallest absolute Gasteiger partial charge is 0.123 e. The quantitative estimate of drug-likeness (QED) is 0.287. The third kappa shape index (κ3) is 3.26. The molecule has 5 rings (SSSR count). The maximum Gasteiger partial charge on any atom is 0.123 e. The summed E-state index contributed by atoms with van der Waals surface area (Å²) in [4.78, 5) is 0. The van der Waals surface area contributed by atoms with Crippen LogP contribution in [-0.2, 0) is 19.4 Å². The van der Waals surface area contributed by atoms with E-state index in [-0.39, 0.29) is 5.82 Å². The molecule has 28 heavy (non-hydrogen) atoms. The molecule has 0 aliphatic heterocycles. The second-order valence-electron chi connectivity index (χ2n) is 7.65. The van der Waals surface area contributed by atoms with Crippen molar-refractivity contribution in [3.8, 4) is 0 Å². The highest BCUT2D eigenvalue weighted by Gasteiger charge is 2.26. The van der Waals surface area contributed by atoms with Gasteiger partial charge >= 0.3 is 0 Å². The van der Waals surface area contributed by atoms with Crippen LogP contribution in [0.25, 0.3) is 10.9 Å². The van der Waals surface area contributed by atoms with Crippen LogP contribution in [-0.4, -0.2) is 4.57 Å². The molecule has 140 valence electrons. The Morgan fingerprint density at radius 3 is 2.46 bits per heavy atom. The zero-order chi connectivity index (χ0) is 19.1. The molecule has 1 aromatic heterocycles. The number of hydrogen-bond donors (Lipinski definition) is 0. The van der Waals surface area contributed by atoms with E-state index in [1.807, 2.05) is 12.1 Å². The molecule has 1 aliphatic rings. The van der Waals surface area contributed by atoms with Gasteiger partial charge in [-0.3, -0.25) is 0 Å². The number of rotatable bonds is 3. The maximum absolute atomic E-state index is 13.3. The lowest BCUT2D eigenvalue weighted by Crippen LogP contribution is -2.15. The molecule has 0 radical (unpaired) electrons. The number of nitrogens with zero attached hydrogens (tertiary/aromatic N) is 1. The van der Waals surface area contributed by atoms with Gasteiger partial charge in [-0.15, -0.1) is 0 Å². The van der Waals surface area contributed by atoms with Gasteiger partial charge in [-0.25, -0.2) is 4.39 Å². The summed E-state index contributed by atoms with van der Waals surface area (Å²) in [5.74, 6) is 0.306. The Labute approximate surface area is 178 Å². The van der Waals surface area contributed by atoms with Crippen LogP contribution in [0.15, 0.2) is 72.8 Å². The molecule has 1 heterocycles. The largest absolute Gasteiger partial charge is 0.340 e. The summed E-state index contributed by atoms with van der Waals surface area (Å²) in [5, 5.41) is 1.37. The van der Waals surface area contributed by atoms with Gasteiger partial charge in [0.2, 0.25) is 0 Å². The molecule has 0 saturated carbocycles. The Hall–Kier alpha value is -2.14. The van der Waals surface area contributed by atoms with Crippen molar-refractivity contribution in [2.24, 2.45) is 0 Å². The van der Waals surface area contributed by atoms with Crippen molar-refractivity contribution in [2.45, 2.75) is 31.7 Å². The first-order chi connectivity index (χ1) is 13.7. The minimum absolute atomic E-state index is 0.158. The topological polar surface area (TPSA) is 4.93 Å². The predicted molar refractivity (Wildman–Crippen MR) is 121 cm³/mol. The summed E-state index contributed by atoms with van der Waals surface area (Å²) in [7, 11) is 0. The van der Waals surface area contributed by atoms with E-state index in [9.17, 15) is 4.39 Å². The molecule has 0 spiro atoms. The molecule has 0 N–H and O–H groups in total. The lowest BCUT2D eigenvalue weighted by Gasteiger charge is -2.24. The lowest BCUT2D eigenvalue weighted by atomic mass is 9.82. The number of hydrogen-bond acceptors (Lipinski definition) is 0. The van der Waals surface area contributed by atoms with Gasteiger partial charge in [0, 0.05) is 26.7 Å². The van der Waals surface area contributed by atoms with Gasteiger partial charge in [0.1, 0.15) is 5.82 Å². The molecule has 1 aliphatic carbocycles. The number of fused-ring (bicyclic) bond motifs is 3. The van der Waals surface area contributed by atoms with Crippen molar-refractivity contribution >= 4 is 33.5 Å². The van der Waals surface area contributed by atoms with Gasteiger partial charge in [0.05, 0.1) is 0 Å². The van der Waals surface area contributed by atoms with E-state index in [1.54, 1.807) is 12.1 Å². The second-order valence-corrected chi connectivity index (χ2v) is 8.89. The zero-order valence-electron chi connectivity index (χ0n) is 15.5. The van der Waals surface area contributed by atoms with E-state index in [2.05, 4.69) is 75.7 Å². The summed E-state index contributed by atoms with van der Waals surface area (Å²) in [6, 6.07) is 24.7. The van der Waals surface area contributed by atoms with Crippen LogP contribution < -0.4 is 0 Å². The molecule has 0 amide bonds. The highest BCUT2D eigenvalue weighted by molar-refractivity contribution is 14.1. The highest BCUT2D eigenvalue weighted by Crippen LogP contribution is 2.38. The Morgan fingerprint density at radius 2 is 1.68 bits per heavy atom. The Balaban J connectivity index is 1.55. The standard InChI is InChI=1S/C25H21FIN/c26-20-10-7-18(8-11-20)19-9-14-25-23(15-19)22-3-1-2-4-24(22)28(25)16-17-5-12-21(27)13-6-17/h1-8,10-13,19H,9,14-16H2/t19-/m0/s1. The Morgan fingerprint density at radius 1 is 0.929 bits per heavy atom. The van der Waals surface area contributed by atoms with E-state index >= 15 is 0 Å².